The molecule has 0 bridgehead atoms. The molecule has 110 valence electrons. The maximum Gasteiger partial charge on any atom is 0.0588 e. The van der Waals surface area contributed by atoms with E-state index in [4.69, 9.17) is 4.74 Å². The molecular weight excluding hydrogens is 236 g/mol. The van der Waals surface area contributed by atoms with Crippen LogP contribution in [-0.2, 0) is 4.74 Å². The number of ether oxygens (including phenoxy) is 1. The van der Waals surface area contributed by atoms with E-state index in [0.29, 0.717) is 6.10 Å². The Kier molecular flexibility index (Phi) is 4.78. The molecule has 1 saturated carbocycles. The van der Waals surface area contributed by atoms with Crippen molar-refractivity contribution in [2.75, 3.05) is 26.2 Å². The lowest BCUT2D eigenvalue weighted by Gasteiger charge is -2.41. The molecule has 0 spiro atoms. The van der Waals surface area contributed by atoms with Crippen molar-refractivity contribution in [2.24, 2.45) is 5.92 Å². The number of nitrogens with zero attached hydrogens (tertiary/aromatic N) is 1. The molecule has 3 unspecified atom stereocenters. The highest BCUT2D eigenvalue weighted by molar-refractivity contribution is 4.94. The number of nitrogens with one attached hydrogen (secondary N) is 1. The van der Waals surface area contributed by atoms with Crippen LogP contribution in [0.2, 0.25) is 0 Å². The molecule has 0 radical (unpaired) electrons. The molecule has 3 rings (SSSR count). The molecule has 3 heteroatoms. The summed E-state index contributed by atoms with van der Waals surface area (Å²) in [5, 5.41) is 3.80. The van der Waals surface area contributed by atoms with Crippen molar-refractivity contribution in [3.8, 4) is 0 Å². The number of hydrogen-bond acceptors (Lipinski definition) is 3. The zero-order chi connectivity index (χ0) is 13.1. The van der Waals surface area contributed by atoms with Crippen molar-refractivity contribution in [2.45, 2.75) is 70.1 Å². The summed E-state index contributed by atoms with van der Waals surface area (Å²) >= 11 is 0. The van der Waals surface area contributed by atoms with Gasteiger partial charge in [-0.2, -0.15) is 0 Å². The fourth-order valence-electron chi connectivity index (χ4n) is 3.77. The molecule has 0 amide bonds. The molecule has 19 heavy (non-hydrogen) atoms. The summed E-state index contributed by atoms with van der Waals surface area (Å²) in [6.07, 6.45) is 9.92. The van der Waals surface area contributed by atoms with Gasteiger partial charge in [-0.3, -0.25) is 4.90 Å². The van der Waals surface area contributed by atoms with Gasteiger partial charge in [-0.25, -0.2) is 0 Å². The Bertz CT molecular complexity index is 274. The summed E-state index contributed by atoms with van der Waals surface area (Å²) in [4.78, 5) is 2.77. The predicted octanol–water partition coefficient (Wildman–Crippen LogP) is 2.41. The minimum atomic E-state index is 0.552. The summed E-state index contributed by atoms with van der Waals surface area (Å²) in [7, 11) is 0. The smallest absolute Gasteiger partial charge is 0.0588 e. The summed E-state index contributed by atoms with van der Waals surface area (Å²) < 4.78 is 5.78. The normalized spacial score (nSPS) is 36.8. The lowest BCUT2D eigenvalue weighted by Crippen LogP contribution is -2.57. The lowest BCUT2D eigenvalue weighted by atomic mass is 10.0. The van der Waals surface area contributed by atoms with Crippen LogP contribution in [0.5, 0.6) is 0 Å². The molecule has 3 atom stereocenters. The van der Waals surface area contributed by atoms with E-state index in [0.717, 1.165) is 24.6 Å². The van der Waals surface area contributed by atoms with E-state index in [9.17, 15) is 0 Å². The number of hydrogen-bond donors (Lipinski definition) is 1. The average Bonchev–Trinajstić information content (AvgIpc) is 3.15. The summed E-state index contributed by atoms with van der Waals surface area (Å²) in [6.45, 7) is 7.05. The van der Waals surface area contributed by atoms with Gasteiger partial charge in [0.15, 0.2) is 0 Å². The monoisotopic (exact) mass is 266 g/mol. The molecule has 2 aliphatic heterocycles. The van der Waals surface area contributed by atoms with Crippen LogP contribution in [0.4, 0.5) is 0 Å². The van der Waals surface area contributed by atoms with Gasteiger partial charge in [0.1, 0.15) is 0 Å². The first-order chi connectivity index (χ1) is 9.36. The molecule has 3 fully saturated rings. The second-order valence-corrected chi connectivity index (χ2v) is 6.71. The van der Waals surface area contributed by atoms with E-state index in [2.05, 4.69) is 17.1 Å². The van der Waals surface area contributed by atoms with Crippen molar-refractivity contribution >= 4 is 0 Å². The Labute approximate surface area is 118 Å². The van der Waals surface area contributed by atoms with Crippen molar-refractivity contribution < 1.29 is 4.74 Å². The van der Waals surface area contributed by atoms with E-state index in [1.165, 1.54) is 64.6 Å². The van der Waals surface area contributed by atoms with Crippen molar-refractivity contribution in [3.05, 3.63) is 0 Å². The number of rotatable bonds is 6. The molecule has 3 nitrogen and oxygen atoms in total. The Morgan fingerprint density at radius 3 is 2.79 bits per heavy atom. The summed E-state index contributed by atoms with van der Waals surface area (Å²) in [5.74, 6) is 0.979. The standard InChI is InChI=1S/C16H30N2O/c1-2-4-14-11-17-16(13-6-7-13)12-18(14)9-8-15-5-3-10-19-15/h13-17H,2-12H2,1H3. The van der Waals surface area contributed by atoms with E-state index >= 15 is 0 Å². The van der Waals surface area contributed by atoms with Crippen molar-refractivity contribution in [1.82, 2.24) is 10.2 Å². The molecule has 1 aliphatic carbocycles. The third-order valence-electron chi connectivity index (χ3n) is 5.14. The first-order valence-electron chi connectivity index (χ1n) is 8.46. The SMILES string of the molecule is CCCC1CNC(C2CC2)CN1CCC1CCCO1. The molecule has 2 saturated heterocycles. The van der Waals surface area contributed by atoms with Crippen LogP contribution >= 0.6 is 0 Å². The fourth-order valence-corrected chi connectivity index (χ4v) is 3.77. The van der Waals surface area contributed by atoms with Gasteiger partial charge >= 0.3 is 0 Å². The van der Waals surface area contributed by atoms with E-state index < -0.39 is 0 Å². The quantitative estimate of drug-likeness (QED) is 0.799. The Morgan fingerprint density at radius 1 is 1.21 bits per heavy atom. The van der Waals surface area contributed by atoms with Crippen LogP contribution in [0, 0.1) is 5.92 Å². The third-order valence-corrected chi connectivity index (χ3v) is 5.14. The fraction of sp³-hybridized carbons (Fsp3) is 1.00. The zero-order valence-corrected chi connectivity index (χ0v) is 12.4. The highest BCUT2D eigenvalue weighted by Gasteiger charge is 2.36. The van der Waals surface area contributed by atoms with Crippen LogP contribution in [-0.4, -0.2) is 49.3 Å². The maximum atomic E-state index is 5.78. The number of piperazine rings is 1. The predicted molar refractivity (Wildman–Crippen MR) is 78.4 cm³/mol. The molecular formula is C16H30N2O. The van der Waals surface area contributed by atoms with Crippen LogP contribution < -0.4 is 5.32 Å². The third kappa shape index (κ3) is 3.71. The van der Waals surface area contributed by atoms with Crippen LogP contribution in [0.15, 0.2) is 0 Å². The Balaban J connectivity index is 1.49. The molecule has 2 heterocycles. The highest BCUT2D eigenvalue weighted by atomic mass is 16.5. The topological polar surface area (TPSA) is 24.5 Å². The minimum Gasteiger partial charge on any atom is -0.378 e. The summed E-state index contributed by atoms with van der Waals surface area (Å²) in [6, 6.07) is 1.54. The van der Waals surface area contributed by atoms with E-state index in [-0.39, 0.29) is 0 Å². The largest absolute Gasteiger partial charge is 0.378 e. The van der Waals surface area contributed by atoms with Crippen molar-refractivity contribution in [3.63, 3.8) is 0 Å². The Morgan fingerprint density at radius 2 is 2.11 bits per heavy atom. The lowest BCUT2D eigenvalue weighted by molar-refractivity contribution is 0.0662. The highest BCUT2D eigenvalue weighted by Crippen LogP contribution is 2.34. The van der Waals surface area contributed by atoms with Gasteiger partial charge in [-0.15, -0.1) is 0 Å². The Hall–Kier alpha value is -0.120. The van der Waals surface area contributed by atoms with Gasteiger partial charge in [-0.1, -0.05) is 13.3 Å². The van der Waals surface area contributed by atoms with Gasteiger partial charge < -0.3 is 10.1 Å². The minimum absolute atomic E-state index is 0.552. The van der Waals surface area contributed by atoms with E-state index in [1.807, 2.05) is 0 Å². The van der Waals surface area contributed by atoms with Gasteiger partial charge in [0.05, 0.1) is 6.10 Å². The zero-order valence-electron chi connectivity index (χ0n) is 12.4. The van der Waals surface area contributed by atoms with Crippen LogP contribution in [0.1, 0.15) is 51.9 Å². The van der Waals surface area contributed by atoms with Gasteiger partial charge in [0.2, 0.25) is 0 Å². The van der Waals surface area contributed by atoms with Crippen molar-refractivity contribution in [1.29, 1.82) is 0 Å². The molecule has 0 aromatic heterocycles. The second-order valence-electron chi connectivity index (χ2n) is 6.71. The molecule has 1 N–H and O–H groups in total. The van der Waals surface area contributed by atoms with Crippen LogP contribution in [0.25, 0.3) is 0 Å². The van der Waals surface area contributed by atoms with Gasteiger partial charge in [-0.05, 0) is 44.4 Å². The van der Waals surface area contributed by atoms with Gasteiger partial charge in [0, 0.05) is 38.3 Å². The first-order valence-corrected chi connectivity index (χ1v) is 8.46. The molecule has 3 aliphatic rings. The molecule has 0 aromatic carbocycles. The maximum absolute atomic E-state index is 5.78. The van der Waals surface area contributed by atoms with Crippen LogP contribution in [0.3, 0.4) is 0 Å². The average molecular weight is 266 g/mol. The molecule has 0 aromatic rings. The van der Waals surface area contributed by atoms with E-state index in [1.54, 1.807) is 0 Å². The summed E-state index contributed by atoms with van der Waals surface area (Å²) in [5.41, 5.74) is 0. The van der Waals surface area contributed by atoms with Gasteiger partial charge in [0.25, 0.3) is 0 Å². The first kappa shape index (κ1) is 13.8. The second kappa shape index (κ2) is 6.55.